The van der Waals surface area contributed by atoms with Crippen molar-refractivity contribution in [3.8, 4) is 11.3 Å². The van der Waals surface area contributed by atoms with Gasteiger partial charge in [-0.2, -0.15) is 0 Å². The molecular formula is C14H10Cl2N4OS. The van der Waals surface area contributed by atoms with E-state index in [0.29, 0.717) is 36.5 Å². The highest BCUT2D eigenvalue weighted by Gasteiger charge is 2.20. The van der Waals surface area contributed by atoms with Crippen molar-refractivity contribution in [3.05, 3.63) is 39.4 Å². The Morgan fingerprint density at radius 1 is 1.27 bits per heavy atom. The van der Waals surface area contributed by atoms with E-state index in [0.717, 1.165) is 5.56 Å². The van der Waals surface area contributed by atoms with Crippen LogP contribution in [-0.4, -0.2) is 22.9 Å². The molecule has 0 radical (unpaired) electrons. The van der Waals surface area contributed by atoms with Gasteiger partial charge in [0.05, 0.1) is 26.8 Å². The molecule has 0 saturated carbocycles. The highest BCUT2D eigenvalue weighted by Crippen LogP contribution is 2.38. The third-order valence-corrected chi connectivity index (χ3v) is 5.00. The Morgan fingerprint density at radius 2 is 2.05 bits per heavy atom. The number of hydrogen-bond acceptors (Lipinski definition) is 5. The predicted octanol–water partition coefficient (Wildman–Crippen LogP) is 3.61. The van der Waals surface area contributed by atoms with Gasteiger partial charge < -0.3 is 11.1 Å². The number of nitrogen functional groups attached to an aromatic ring is 1. The monoisotopic (exact) mass is 352 g/mol. The SMILES string of the molecule is CNC(=O)c1sc2ncnc(-c3ccc(Cl)c(Cl)c3)c2c1N. The number of aromatic nitrogens is 2. The van der Waals surface area contributed by atoms with E-state index >= 15 is 0 Å². The molecule has 0 saturated heterocycles. The molecule has 0 fully saturated rings. The number of hydrogen-bond donors (Lipinski definition) is 2. The predicted molar refractivity (Wildman–Crippen MR) is 90.7 cm³/mol. The van der Waals surface area contributed by atoms with Crippen LogP contribution in [-0.2, 0) is 0 Å². The van der Waals surface area contributed by atoms with E-state index in [1.165, 1.54) is 17.7 Å². The molecule has 8 heteroatoms. The molecule has 1 aromatic carbocycles. The summed E-state index contributed by atoms with van der Waals surface area (Å²) in [5.41, 5.74) is 7.87. The second-order valence-corrected chi connectivity index (χ2v) is 6.27. The largest absolute Gasteiger partial charge is 0.397 e. The van der Waals surface area contributed by atoms with Crippen LogP contribution in [0.25, 0.3) is 21.5 Å². The number of nitrogens with two attached hydrogens (primary N) is 1. The summed E-state index contributed by atoms with van der Waals surface area (Å²) in [5, 5.41) is 4.09. The number of nitrogens with zero attached hydrogens (tertiary/aromatic N) is 2. The Morgan fingerprint density at radius 3 is 2.73 bits per heavy atom. The molecule has 0 unspecified atom stereocenters. The van der Waals surface area contributed by atoms with Crippen molar-refractivity contribution in [1.82, 2.24) is 15.3 Å². The van der Waals surface area contributed by atoms with Crippen LogP contribution in [0.15, 0.2) is 24.5 Å². The molecule has 0 bridgehead atoms. The van der Waals surface area contributed by atoms with Crippen molar-refractivity contribution in [2.45, 2.75) is 0 Å². The van der Waals surface area contributed by atoms with Gasteiger partial charge in [0.15, 0.2) is 0 Å². The van der Waals surface area contributed by atoms with Crippen molar-refractivity contribution in [2.24, 2.45) is 0 Å². The smallest absolute Gasteiger partial charge is 0.263 e. The number of rotatable bonds is 2. The van der Waals surface area contributed by atoms with E-state index < -0.39 is 0 Å². The average Bonchev–Trinajstić information content (AvgIpc) is 2.86. The van der Waals surface area contributed by atoms with Crippen LogP contribution >= 0.6 is 34.5 Å². The lowest BCUT2D eigenvalue weighted by Crippen LogP contribution is -2.17. The van der Waals surface area contributed by atoms with Gasteiger partial charge in [-0.15, -0.1) is 11.3 Å². The molecule has 3 N–H and O–H groups in total. The number of fused-ring (bicyclic) bond motifs is 1. The number of nitrogens with one attached hydrogen (secondary N) is 1. The molecule has 0 aliphatic rings. The Bertz CT molecular complexity index is 894. The Balaban J connectivity index is 2.28. The number of thiophene rings is 1. The molecule has 1 amide bonds. The molecule has 22 heavy (non-hydrogen) atoms. The van der Waals surface area contributed by atoms with Crippen LogP contribution in [0.3, 0.4) is 0 Å². The van der Waals surface area contributed by atoms with E-state index in [-0.39, 0.29) is 5.91 Å². The summed E-state index contributed by atoms with van der Waals surface area (Å²) in [5.74, 6) is -0.249. The summed E-state index contributed by atoms with van der Waals surface area (Å²) in [6, 6.07) is 5.20. The Labute approximate surface area is 140 Å². The molecule has 0 atom stereocenters. The molecule has 3 aromatic rings. The number of benzene rings is 1. The maximum absolute atomic E-state index is 11.9. The van der Waals surface area contributed by atoms with Crippen molar-refractivity contribution in [3.63, 3.8) is 0 Å². The van der Waals surface area contributed by atoms with E-state index in [1.807, 2.05) is 0 Å². The normalized spacial score (nSPS) is 10.9. The van der Waals surface area contributed by atoms with Crippen molar-refractivity contribution in [1.29, 1.82) is 0 Å². The van der Waals surface area contributed by atoms with Gasteiger partial charge in [0.1, 0.15) is 16.0 Å². The summed E-state index contributed by atoms with van der Waals surface area (Å²) in [6.07, 6.45) is 1.43. The topological polar surface area (TPSA) is 80.9 Å². The quantitative estimate of drug-likeness (QED) is 0.738. The number of anilines is 1. The standard InChI is InChI=1S/C14H10Cl2N4OS/c1-18-13(21)12-10(17)9-11(19-5-20-14(9)22-12)6-2-3-7(15)8(16)4-6/h2-5H,17H2,1H3,(H,18,21). The number of amides is 1. The highest BCUT2D eigenvalue weighted by molar-refractivity contribution is 7.21. The highest BCUT2D eigenvalue weighted by atomic mass is 35.5. The fourth-order valence-electron chi connectivity index (χ4n) is 2.10. The van der Waals surface area contributed by atoms with Gasteiger partial charge >= 0.3 is 0 Å². The summed E-state index contributed by atoms with van der Waals surface area (Å²) in [6.45, 7) is 0. The Kier molecular flexibility index (Phi) is 3.90. The lowest BCUT2D eigenvalue weighted by Gasteiger charge is -2.05. The maximum Gasteiger partial charge on any atom is 0.263 e. The molecule has 0 aliphatic carbocycles. The molecule has 0 aliphatic heterocycles. The van der Waals surface area contributed by atoms with E-state index in [4.69, 9.17) is 28.9 Å². The second kappa shape index (κ2) is 5.72. The molecule has 0 spiro atoms. The minimum atomic E-state index is -0.249. The number of carbonyl (C=O) groups is 1. The maximum atomic E-state index is 11.9. The zero-order valence-corrected chi connectivity index (χ0v) is 13.7. The minimum absolute atomic E-state index is 0.249. The van der Waals surface area contributed by atoms with Crippen LogP contribution in [0.1, 0.15) is 9.67 Å². The van der Waals surface area contributed by atoms with Gasteiger partial charge in [0, 0.05) is 12.6 Å². The van der Waals surface area contributed by atoms with Crippen LogP contribution in [0.2, 0.25) is 10.0 Å². The number of carbonyl (C=O) groups excluding carboxylic acids is 1. The summed E-state index contributed by atoms with van der Waals surface area (Å²) < 4.78 is 0. The Hall–Kier alpha value is -1.89. The first-order valence-electron chi connectivity index (χ1n) is 6.23. The van der Waals surface area contributed by atoms with Crippen LogP contribution in [0, 0.1) is 0 Å². The molecular weight excluding hydrogens is 343 g/mol. The lowest BCUT2D eigenvalue weighted by molar-refractivity contribution is 0.0968. The van der Waals surface area contributed by atoms with Gasteiger partial charge in [-0.1, -0.05) is 29.3 Å². The van der Waals surface area contributed by atoms with Crippen LogP contribution in [0.5, 0.6) is 0 Å². The third-order valence-electron chi connectivity index (χ3n) is 3.15. The van der Waals surface area contributed by atoms with Crippen molar-refractivity contribution in [2.75, 3.05) is 12.8 Å². The molecule has 2 aromatic heterocycles. The first kappa shape index (κ1) is 15.0. The zero-order chi connectivity index (χ0) is 15.9. The van der Waals surface area contributed by atoms with E-state index in [9.17, 15) is 4.79 Å². The fourth-order valence-corrected chi connectivity index (χ4v) is 3.41. The zero-order valence-electron chi connectivity index (χ0n) is 11.4. The summed E-state index contributed by atoms with van der Waals surface area (Å²) >= 11 is 13.2. The van der Waals surface area contributed by atoms with E-state index in [2.05, 4.69) is 15.3 Å². The minimum Gasteiger partial charge on any atom is -0.397 e. The first-order chi connectivity index (χ1) is 10.5. The number of halogens is 2. The molecule has 112 valence electrons. The van der Waals surface area contributed by atoms with Gasteiger partial charge in [0.2, 0.25) is 0 Å². The van der Waals surface area contributed by atoms with Crippen molar-refractivity contribution >= 4 is 56.3 Å². The lowest BCUT2D eigenvalue weighted by atomic mass is 10.1. The van der Waals surface area contributed by atoms with Crippen LogP contribution in [0.4, 0.5) is 5.69 Å². The molecule has 5 nitrogen and oxygen atoms in total. The summed E-state index contributed by atoms with van der Waals surface area (Å²) in [4.78, 5) is 21.4. The van der Waals surface area contributed by atoms with Crippen molar-refractivity contribution < 1.29 is 4.79 Å². The molecule has 2 heterocycles. The second-order valence-electron chi connectivity index (χ2n) is 4.46. The van der Waals surface area contributed by atoms with Gasteiger partial charge in [0.25, 0.3) is 5.91 Å². The van der Waals surface area contributed by atoms with Gasteiger partial charge in [-0.25, -0.2) is 9.97 Å². The third kappa shape index (κ3) is 2.39. The molecule has 3 rings (SSSR count). The average molecular weight is 353 g/mol. The fraction of sp³-hybridized carbons (Fsp3) is 0.0714. The van der Waals surface area contributed by atoms with Gasteiger partial charge in [-0.05, 0) is 12.1 Å². The van der Waals surface area contributed by atoms with Gasteiger partial charge in [-0.3, -0.25) is 4.79 Å². The first-order valence-corrected chi connectivity index (χ1v) is 7.80. The van der Waals surface area contributed by atoms with Crippen LogP contribution < -0.4 is 11.1 Å². The summed E-state index contributed by atoms with van der Waals surface area (Å²) in [7, 11) is 1.55. The van der Waals surface area contributed by atoms with E-state index in [1.54, 1.807) is 25.2 Å².